The third-order valence-corrected chi connectivity index (χ3v) is 2.62. The van der Waals surface area contributed by atoms with Crippen molar-refractivity contribution in [3.05, 3.63) is 23.0 Å². The summed E-state index contributed by atoms with van der Waals surface area (Å²) < 4.78 is 5.35. The summed E-state index contributed by atoms with van der Waals surface area (Å²) in [4.78, 5) is 4.40. The normalized spacial score (nSPS) is 12.6. The van der Waals surface area contributed by atoms with Crippen molar-refractivity contribution >= 4 is 11.6 Å². The van der Waals surface area contributed by atoms with E-state index in [1.165, 1.54) is 0 Å². The van der Waals surface area contributed by atoms with Crippen LogP contribution >= 0.6 is 11.6 Å². The van der Waals surface area contributed by atoms with Gasteiger partial charge >= 0.3 is 0 Å². The van der Waals surface area contributed by atoms with Gasteiger partial charge in [0, 0.05) is 35.8 Å². The highest BCUT2D eigenvalue weighted by molar-refractivity contribution is 6.20. The van der Waals surface area contributed by atoms with Crippen LogP contribution in [-0.2, 0) is 6.54 Å². The average molecular weight is 243 g/mol. The molecule has 0 aliphatic carbocycles. The molecule has 0 aliphatic rings. The number of aryl methyl sites for hydroxylation is 1. The number of pyridine rings is 1. The van der Waals surface area contributed by atoms with Gasteiger partial charge in [0.15, 0.2) is 0 Å². The van der Waals surface area contributed by atoms with Gasteiger partial charge in [-0.2, -0.15) is 0 Å². The lowest BCUT2D eigenvalue weighted by Gasteiger charge is -2.13. The maximum absolute atomic E-state index is 5.86. The first kappa shape index (κ1) is 13.3. The fourth-order valence-corrected chi connectivity index (χ4v) is 1.75. The Labute approximate surface area is 102 Å². The van der Waals surface area contributed by atoms with Crippen LogP contribution < -0.4 is 10.1 Å². The monoisotopic (exact) mass is 242 g/mol. The first-order valence-electron chi connectivity index (χ1n) is 5.40. The molecule has 0 aromatic carbocycles. The molecule has 0 fully saturated rings. The predicted molar refractivity (Wildman–Crippen MR) is 67.3 cm³/mol. The average Bonchev–Trinajstić information content (AvgIpc) is 2.22. The molecule has 0 saturated carbocycles. The van der Waals surface area contributed by atoms with E-state index in [0.29, 0.717) is 0 Å². The minimum Gasteiger partial charge on any atom is -0.496 e. The molecular weight excluding hydrogens is 224 g/mol. The van der Waals surface area contributed by atoms with Gasteiger partial charge in [-0.3, -0.25) is 4.98 Å². The van der Waals surface area contributed by atoms with Gasteiger partial charge in [0.05, 0.1) is 12.8 Å². The smallest absolute Gasteiger partial charge is 0.128 e. The quantitative estimate of drug-likeness (QED) is 0.806. The summed E-state index contributed by atoms with van der Waals surface area (Å²) in [6.45, 7) is 7.49. The molecule has 1 rings (SSSR count). The van der Waals surface area contributed by atoms with Crippen LogP contribution in [0, 0.1) is 13.8 Å². The largest absolute Gasteiger partial charge is 0.496 e. The van der Waals surface area contributed by atoms with Crippen LogP contribution in [0.25, 0.3) is 0 Å². The summed E-state index contributed by atoms with van der Waals surface area (Å²) in [7, 11) is 1.69. The van der Waals surface area contributed by atoms with E-state index in [0.717, 1.165) is 35.7 Å². The Hall–Kier alpha value is -0.800. The Morgan fingerprint density at radius 2 is 2.19 bits per heavy atom. The minimum absolute atomic E-state index is 0.132. The van der Waals surface area contributed by atoms with Gasteiger partial charge in [-0.15, -0.1) is 11.6 Å². The first-order valence-corrected chi connectivity index (χ1v) is 5.83. The molecule has 1 atom stereocenters. The lowest BCUT2D eigenvalue weighted by atomic mass is 10.1. The highest BCUT2D eigenvalue weighted by atomic mass is 35.5. The van der Waals surface area contributed by atoms with E-state index < -0.39 is 0 Å². The van der Waals surface area contributed by atoms with Crippen LogP contribution in [0.15, 0.2) is 6.20 Å². The lowest BCUT2D eigenvalue weighted by molar-refractivity contribution is 0.406. The molecular formula is C12H19ClN2O. The van der Waals surface area contributed by atoms with Gasteiger partial charge in [-0.05, 0) is 20.8 Å². The third-order valence-electron chi connectivity index (χ3n) is 2.47. The van der Waals surface area contributed by atoms with E-state index in [2.05, 4.69) is 10.3 Å². The van der Waals surface area contributed by atoms with E-state index in [-0.39, 0.29) is 5.38 Å². The Morgan fingerprint density at radius 3 is 2.75 bits per heavy atom. The molecule has 16 heavy (non-hydrogen) atoms. The number of alkyl halides is 1. The molecule has 1 aromatic rings. The highest BCUT2D eigenvalue weighted by Crippen LogP contribution is 2.23. The van der Waals surface area contributed by atoms with E-state index >= 15 is 0 Å². The molecule has 1 heterocycles. The zero-order valence-corrected chi connectivity index (χ0v) is 11.1. The van der Waals surface area contributed by atoms with Crippen molar-refractivity contribution in [2.24, 2.45) is 0 Å². The number of ether oxygens (including phenoxy) is 1. The standard InChI is InChI=1S/C12H19ClN2O/c1-8-5-15-11(7-14-6-9(2)13)10(3)12(8)16-4/h5,9,14H,6-7H2,1-4H3. The fraction of sp³-hybridized carbons (Fsp3) is 0.583. The van der Waals surface area contributed by atoms with Crippen molar-refractivity contribution in [1.29, 1.82) is 0 Å². The molecule has 0 saturated heterocycles. The Bertz CT molecular complexity index is 353. The molecule has 0 amide bonds. The summed E-state index contributed by atoms with van der Waals surface area (Å²) >= 11 is 5.86. The lowest BCUT2D eigenvalue weighted by Crippen LogP contribution is -2.22. The number of rotatable bonds is 5. The number of methoxy groups -OCH3 is 1. The van der Waals surface area contributed by atoms with Gasteiger partial charge in [0.25, 0.3) is 0 Å². The fourth-order valence-electron chi connectivity index (χ4n) is 1.64. The summed E-state index contributed by atoms with van der Waals surface area (Å²) in [6, 6.07) is 0. The van der Waals surface area contributed by atoms with Gasteiger partial charge < -0.3 is 10.1 Å². The molecule has 0 spiro atoms. The molecule has 3 nitrogen and oxygen atoms in total. The number of hydrogen-bond acceptors (Lipinski definition) is 3. The Balaban J connectivity index is 2.74. The van der Waals surface area contributed by atoms with Gasteiger partial charge in [0.2, 0.25) is 0 Å². The molecule has 1 N–H and O–H groups in total. The molecule has 1 aromatic heterocycles. The summed E-state index contributed by atoms with van der Waals surface area (Å²) in [5, 5.41) is 3.39. The van der Waals surface area contributed by atoms with E-state index in [4.69, 9.17) is 16.3 Å². The maximum atomic E-state index is 5.86. The van der Waals surface area contributed by atoms with Crippen LogP contribution in [0.4, 0.5) is 0 Å². The van der Waals surface area contributed by atoms with Gasteiger partial charge in [-0.25, -0.2) is 0 Å². The van der Waals surface area contributed by atoms with Crippen LogP contribution in [0.5, 0.6) is 5.75 Å². The second kappa shape index (κ2) is 6.06. The topological polar surface area (TPSA) is 34.1 Å². The maximum Gasteiger partial charge on any atom is 0.128 e. The summed E-state index contributed by atoms with van der Waals surface area (Å²) in [5.41, 5.74) is 3.17. The van der Waals surface area contributed by atoms with Crippen LogP contribution in [0.3, 0.4) is 0 Å². The van der Waals surface area contributed by atoms with Crippen molar-refractivity contribution in [2.45, 2.75) is 32.7 Å². The molecule has 1 unspecified atom stereocenters. The molecule has 0 radical (unpaired) electrons. The van der Waals surface area contributed by atoms with E-state index in [1.807, 2.05) is 27.0 Å². The van der Waals surface area contributed by atoms with E-state index in [1.54, 1.807) is 7.11 Å². The molecule has 4 heteroatoms. The van der Waals surface area contributed by atoms with Gasteiger partial charge in [0.1, 0.15) is 5.75 Å². The zero-order chi connectivity index (χ0) is 12.1. The van der Waals surface area contributed by atoms with Crippen molar-refractivity contribution < 1.29 is 4.74 Å². The third kappa shape index (κ3) is 3.35. The summed E-state index contributed by atoms with van der Waals surface area (Å²) in [6.07, 6.45) is 1.84. The number of aromatic nitrogens is 1. The second-order valence-corrected chi connectivity index (χ2v) is 4.70. The Kier molecular flexibility index (Phi) is 5.03. The summed E-state index contributed by atoms with van der Waals surface area (Å²) in [5.74, 6) is 0.922. The van der Waals surface area contributed by atoms with Crippen molar-refractivity contribution in [3.63, 3.8) is 0 Å². The number of nitrogens with one attached hydrogen (secondary N) is 1. The first-order chi connectivity index (χ1) is 7.56. The predicted octanol–water partition coefficient (Wildman–Crippen LogP) is 2.42. The molecule has 0 bridgehead atoms. The molecule has 90 valence electrons. The number of halogens is 1. The minimum atomic E-state index is 0.132. The SMILES string of the molecule is COc1c(C)cnc(CNCC(C)Cl)c1C. The second-order valence-electron chi connectivity index (χ2n) is 3.96. The van der Waals surface area contributed by atoms with Gasteiger partial charge in [-0.1, -0.05) is 0 Å². The van der Waals surface area contributed by atoms with Crippen LogP contribution in [0.2, 0.25) is 0 Å². The highest BCUT2D eigenvalue weighted by Gasteiger charge is 2.09. The number of nitrogens with zero attached hydrogens (tertiary/aromatic N) is 1. The van der Waals surface area contributed by atoms with Crippen molar-refractivity contribution in [2.75, 3.05) is 13.7 Å². The van der Waals surface area contributed by atoms with Crippen LogP contribution in [0.1, 0.15) is 23.7 Å². The van der Waals surface area contributed by atoms with E-state index in [9.17, 15) is 0 Å². The van der Waals surface area contributed by atoms with Crippen LogP contribution in [-0.4, -0.2) is 24.0 Å². The number of hydrogen-bond donors (Lipinski definition) is 1. The zero-order valence-electron chi connectivity index (χ0n) is 10.3. The van der Waals surface area contributed by atoms with Crippen molar-refractivity contribution in [3.8, 4) is 5.75 Å². The van der Waals surface area contributed by atoms with Crippen molar-refractivity contribution in [1.82, 2.24) is 10.3 Å². The molecule has 0 aliphatic heterocycles. The Morgan fingerprint density at radius 1 is 1.50 bits per heavy atom.